The molecule has 0 spiro atoms. The first-order valence-electron chi connectivity index (χ1n) is 9.18. The second-order valence-corrected chi connectivity index (χ2v) is 7.17. The molecule has 0 bridgehead atoms. The van der Waals surface area contributed by atoms with Gasteiger partial charge in [-0.05, 0) is 68.5 Å². The van der Waals surface area contributed by atoms with E-state index in [2.05, 4.69) is 5.32 Å². The van der Waals surface area contributed by atoms with Crippen LogP contribution in [0.2, 0.25) is 0 Å². The fourth-order valence-corrected chi connectivity index (χ4v) is 3.35. The van der Waals surface area contributed by atoms with Gasteiger partial charge in [0.1, 0.15) is 0 Å². The molecule has 2 aromatic rings. The van der Waals surface area contributed by atoms with Gasteiger partial charge in [-0.25, -0.2) is 0 Å². The molecule has 0 saturated carbocycles. The van der Waals surface area contributed by atoms with Gasteiger partial charge in [-0.1, -0.05) is 24.3 Å². The molecule has 0 aromatic heterocycles. The van der Waals surface area contributed by atoms with Crippen LogP contribution in [0.1, 0.15) is 39.9 Å². The number of benzene rings is 2. The van der Waals surface area contributed by atoms with Crippen LogP contribution in [0.5, 0.6) is 0 Å². The third-order valence-corrected chi connectivity index (χ3v) is 5.31. The van der Waals surface area contributed by atoms with Crippen LogP contribution in [0, 0.1) is 26.7 Å². The van der Waals surface area contributed by atoms with Gasteiger partial charge in [0.15, 0.2) is 0 Å². The van der Waals surface area contributed by atoms with E-state index in [1.807, 2.05) is 68.1 Å². The standard InChI is InChI=1S/C22H26N2O2/c1-15-8-9-19(14-17(15)3)22(26)24-12-10-18(11-13-24)21(25)23-20-7-5-4-6-16(20)2/h4-9,14,18H,10-13H2,1-3H3,(H,23,25). The second-order valence-electron chi connectivity index (χ2n) is 7.17. The minimum atomic E-state index is -0.0431. The van der Waals surface area contributed by atoms with Crippen molar-refractivity contribution in [1.29, 1.82) is 0 Å². The average Bonchev–Trinajstić information content (AvgIpc) is 2.65. The summed E-state index contributed by atoms with van der Waals surface area (Å²) in [6.07, 6.45) is 1.41. The number of piperidine rings is 1. The number of rotatable bonds is 3. The number of para-hydroxylation sites is 1. The zero-order chi connectivity index (χ0) is 18.7. The summed E-state index contributed by atoms with van der Waals surface area (Å²) in [6.45, 7) is 7.30. The number of anilines is 1. The molecule has 136 valence electrons. The summed E-state index contributed by atoms with van der Waals surface area (Å²) in [4.78, 5) is 27.1. The van der Waals surface area contributed by atoms with E-state index in [9.17, 15) is 9.59 Å². The van der Waals surface area contributed by atoms with Crippen molar-refractivity contribution in [3.63, 3.8) is 0 Å². The van der Waals surface area contributed by atoms with Gasteiger partial charge in [-0.15, -0.1) is 0 Å². The van der Waals surface area contributed by atoms with Crippen molar-refractivity contribution in [3.05, 3.63) is 64.7 Å². The van der Waals surface area contributed by atoms with Crippen LogP contribution in [0.4, 0.5) is 5.69 Å². The van der Waals surface area contributed by atoms with Crippen LogP contribution >= 0.6 is 0 Å². The zero-order valence-electron chi connectivity index (χ0n) is 15.7. The fourth-order valence-electron chi connectivity index (χ4n) is 3.35. The smallest absolute Gasteiger partial charge is 0.253 e. The maximum absolute atomic E-state index is 12.7. The van der Waals surface area contributed by atoms with Gasteiger partial charge in [0.05, 0.1) is 0 Å². The molecular weight excluding hydrogens is 324 g/mol. The maximum atomic E-state index is 12.7. The van der Waals surface area contributed by atoms with Crippen molar-refractivity contribution in [2.24, 2.45) is 5.92 Å². The Morgan fingerprint density at radius 1 is 0.923 bits per heavy atom. The summed E-state index contributed by atoms with van der Waals surface area (Å²) in [5.41, 5.74) is 4.97. The Morgan fingerprint density at radius 2 is 1.62 bits per heavy atom. The quantitative estimate of drug-likeness (QED) is 0.906. The van der Waals surface area contributed by atoms with Crippen LogP contribution in [-0.2, 0) is 4.79 Å². The summed E-state index contributed by atoms with van der Waals surface area (Å²) >= 11 is 0. The van der Waals surface area contributed by atoms with Crippen molar-refractivity contribution in [2.75, 3.05) is 18.4 Å². The third-order valence-electron chi connectivity index (χ3n) is 5.31. The summed E-state index contributed by atoms with van der Waals surface area (Å²) < 4.78 is 0. The number of aryl methyl sites for hydroxylation is 3. The highest BCUT2D eigenvalue weighted by Gasteiger charge is 2.28. The average molecular weight is 350 g/mol. The van der Waals surface area contributed by atoms with Gasteiger partial charge in [0.25, 0.3) is 5.91 Å². The molecular formula is C22H26N2O2. The molecule has 3 rings (SSSR count). The van der Waals surface area contributed by atoms with Gasteiger partial charge in [0, 0.05) is 30.3 Å². The number of likely N-dealkylation sites (tertiary alicyclic amines) is 1. The minimum absolute atomic E-state index is 0.0431. The Morgan fingerprint density at radius 3 is 2.27 bits per heavy atom. The predicted molar refractivity (Wildman–Crippen MR) is 104 cm³/mol. The maximum Gasteiger partial charge on any atom is 0.253 e. The Hall–Kier alpha value is -2.62. The second kappa shape index (κ2) is 7.73. The van der Waals surface area contributed by atoms with Crippen LogP contribution in [-0.4, -0.2) is 29.8 Å². The number of nitrogens with zero attached hydrogens (tertiary/aromatic N) is 1. The molecule has 0 unspecified atom stereocenters. The monoisotopic (exact) mass is 350 g/mol. The molecule has 2 amide bonds. The van der Waals surface area contributed by atoms with Crippen LogP contribution < -0.4 is 5.32 Å². The molecule has 1 aliphatic heterocycles. The van der Waals surface area contributed by atoms with Crippen molar-refractivity contribution >= 4 is 17.5 Å². The minimum Gasteiger partial charge on any atom is -0.339 e. The molecule has 2 aromatic carbocycles. The van der Waals surface area contributed by atoms with Gasteiger partial charge < -0.3 is 10.2 Å². The summed E-state index contributed by atoms with van der Waals surface area (Å²) in [7, 11) is 0. The van der Waals surface area contributed by atoms with E-state index in [4.69, 9.17) is 0 Å². The number of carbonyl (C=O) groups is 2. The molecule has 0 atom stereocenters. The van der Waals surface area contributed by atoms with E-state index in [1.54, 1.807) is 0 Å². The summed E-state index contributed by atoms with van der Waals surface area (Å²) in [5.74, 6) is 0.0712. The lowest BCUT2D eigenvalue weighted by molar-refractivity contribution is -0.121. The van der Waals surface area contributed by atoms with Crippen molar-refractivity contribution in [2.45, 2.75) is 33.6 Å². The molecule has 0 aliphatic carbocycles. The van der Waals surface area contributed by atoms with E-state index >= 15 is 0 Å². The lowest BCUT2D eigenvalue weighted by Gasteiger charge is -2.31. The van der Waals surface area contributed by atoms with E-state index in [1.165, 1.54) is 5.56 Å². The SMILES string of the molecule is Cc1ccc(C(=O)N2CCC(C(=O)Nc3ccccc3C)CC2)cc1C. The molecule has 1 aliphatic rings. The van der Waals surface area contributed by atoms with E-state index < -0.39 is 0 Å². The van der Waals surface area contributed by atoms with Crippen LogP contribution in [0.25, 0.3) is 0 Å². The number of carbonyl (C=O) groups excluding carboxylic acids is 2. The number of hydrogen-bond donors (Lipinski definition) is 1. The fraction of sp³-hybridized carbons (Fsp3) is 0.364. The molecule has 1 saturated heterocycles. The predicted octanol–water partition coefficient (Wildman–Crippen LogP) is 4.10. The van der Waals surface area contributed by atoms with Crippen molar-refractivity contribution < 1.29 is 9.59 Å². The first kappa shape index (κ1) is 18.2. The number of nitrogens with one attached hydrogen (secondary N) is 1. The highest BCUT2D eigenvalue weighted by atomic mass is 16.2. The third kappa shape index (κ3) is 3.96. The normalized spacial score (nSPS) is 15.0. The van der Waals surface area contributed by atoms with Crippen molar-refractivity contribution in [3.8, 4) is 0 Å². The van der Waals surface area contributed by atoms with Crippen LogP contribution in [0.15, 0.2) is 42.5 Å². The molecule has 4 heteroatoms. The Labute approximate surface area is 155 Å². The Bertz CT molecular complexity index is 821. The molecule has 26 heavy (non-hydrogen) atoms. The van der Waals surface area contributed by atoms with E-state index in [0.29, 0.717) is 25.9 Å². The van der Waals surface area contributed by atoms with E-state index in [0.717, 1.165) is 22.4 Å². The van der Waals surface area contributed by atoms with Crippen molar-refractivity contribution in [1.82, 2.24) is 4.90 Å². The van der Waals surface area contributed by atoms with Gasteiger partial charge in [0.2, 0.25) is 5.91 Å². The molecule has 1 heterocycles. The molecule has 4 nitrogen and oxygen atoms in total. The molecule has 0 radical (unpaired) electrons. The summed E-state index contributed by atoms with van der Waals surface area (Å²) in [6, 6.07) is 13.6. The van der Waals surface area contributed by atoms with Gasteiger partial charge in [-0.2, -0.15) is 0 Å². The molecule has 1 fully saturated rings. The topological polar surface area (TPSA) is 49.4 Å². The number of hydrogen-bond acceptors (Lipinski definition) is 2. The number of amides is 2. The lowest BCUT2D eigenvalue weighted by Crippen LogP contribution is -2.41. The molecule has 1 N–H and O–H groups in total. The zero-order valence-corrected chi connectivity index (χ0v) is 15.7. The highest BCUT2D eigenvalue weighted by Crippen LogP contribution is 2.22. The van der Waals surface area contributed by atoms with Gasteiger partial charge in [-0.3, -0.25) is 9.59 Å². The highest BCUT2D eigenvalue weighted by molar-refractivity contribution is 5.95. The van der Waals surface area contributed by atoms with Crippen LogP contribution in [0.3, 0.4) is 0 Å². The summed E-state index contributed by atoms with van der Waals surface area (Å²) in [5, 5.41) is 3.03. The Kier molecular flexibility index (Phi) is 5.40. The van der Waals surface area contributed by atoms with Gasteiger partial charge >= 0.3 is 0 Å². The first-order chi connectivity index (χ1) is 12.5. The Balaban J connectivity index is 1.58. The van der Waals surface area contributed by atoms with E-state index in [-0.39, 0.29) is 17.7 Å². The largest absolute Gasteiger partial charge is 0.339 e. The first-order valence-corrected chi connectivity index (χ1v) is 9.18. The lowest BCUT2D eigenvalue weighted by atomic mass is 9.95.